The Morgan fingerprint density at radius 3 is 1.00 bits per heavy atom. The van der Waals surface area contributed by atoms with Crippen molar-refractivity contribution in [3.63, 3.8) is 0 Å². The predicted octanol–water partition coefficient (Wildman–Crippen LogP) is 11.8. The molecular weight excluding hydrogens is 448 g/mol. The van der Waals surface area contributed by atoms with E-state index in [1.165, 1.54) is 135 Å². The molecule has 2 heteroatoms. The first-order valence-electron chi connectivity index (χ1n) is 14.3. The first-order valence-corrected chi connectivity index (χ1v) is 16.3. The van der Waals surface area contributed by atoms with Crippen LogP contribution in [0.25, 0.3) is 11.1 Å². The van der Waals surface area contributed by atoms with Crippen LogP contribution in [0.15, 0.2) is 58.3 Å². The monoisotopic (exact) mass is 498 g/mol. The van der Waals surface area contributed by atoms with Gasteiger partial charge < -0.3 is 0 Å². The average molecular weight is 499 g/mol. The summed E-state index contributed by atoms with van der Waals surface area (Å²) < 4.78 is 0. The summed E-state index contributed by atoms with van der Waals surface area (Å²) in [6.45, 7) is 4.58. The summed E-state index contributed by atoms with van der Waals surface area (Å²) in [5.74, 6) is 2.50. The second-order valence-corrected chi connectivity index (χ2v) is 12.0. The Morgan fingerprint density at radius 2 is 0.676 bits per heavy atom. The van der Waals surface area contributed by atoms with Crippen molar-refractivity contribution < 1.29 is 0 Å². The van der Waals surface area contributed by atoms with Gasteiger partial charge >= 0.3 is 0 Å². The lowest BCUT2D eigenvalue weighted by Gasteiger charge is -2.07. The molecule has 0 N–H and O–H groups in total. The lowest BCUT2D eigenvalue weighted by molar-refractivity contribution is 0.563. The molecule has 0 saturated carbocycles. The number of benzene rings is 2. The van der Waals surface area contributed by atoms with Gasteiger partial charge in [0, 0.05) is 9.79 Å². The molecule has 190 valence electrons. The zero-order chi connectivity index (χ0) is 24.1. The smallest absolute Gasteiger partial charge is 0.00723 e. The largest absolute Gasteiger partial charge is 0.126 e. The van der Waals surface area contributed by atoms with Gasteiger partial charge in [0.1, 0.15) is 0 Å². The number of hydrogen-bond acceptors (Lipinski definition) is 2. The SMILES string of the molecule is CCCCCCCCCCCCSc1ccc(-c2ccc(SCCCCCCCC)cc2)cc1. The Kier molecular flexibility index (Phi) is 17.6. The molecule has 0 aromatic heterocycles. The minimum atomic E-state index is 1.25. The lowest BCUT2D eigenvalue weighted by atomic mass is 10.1. The van der Waals surface area contributed by atoms with E-state index >= 15 is 0 Å². The van der Waals surface area contributed by atoms with Crippen molar-refractivity contribution in [1.82, 2.24) is 0 Å². The van der Waals surface area contributed by atoms with Crippen LogP contribution in [0.1, 0.15) is 117 Å². The first-order chi connectivity index (χ1) is 16.8. The van der Waals surface area contributed by atoms with E-state index in [0.717, 1.165) is 0 Å². The van der Waals surface area contributed by atoms with E-state index in [1.807, 2.05) is 23.5 Å². The molecule has 0 fully saturated rings. The topological polar surface area (TPSA) is 0 Å². The number of hydrogen-bond donors (Lipinski definition) is 0. The van der Waals surface area contributed by atoms with Crippen LogP contribution in [0.4, 0.5) is 0 Å². The molecule has 0 unspecified atom stereocenters. The van der Waals surface area contributed by atoms with Crippen LogP contribution >= 0.6 is 23.5 Å². The van der Waals surface area contributed by atoms with Gasteiger partial charge in [-0.05, 0) is 59.7 Å². The molecule has 0 saturated heterocycles. The summed E-state index contributed by atoms with van der Waals surface area (Å²) >= 11 is 4.03. The third-order valence-electron chi connectivity index (χ3n) is 6.58. The quantitative estimate of drug-likeness (QED) is 0.124. The Hall–Kier alpha value is -0.860. The highest BCUT2D eigenvalue weighted by molar-refractivity contribution is 7.99. The van der Waals surface area contributed by atoms with Crippen LogP contribution in [0, 0.1) is 0 Å². The Labute approximate surface area is 220 Å². The van der Waals surface area contributed by atoms with Crippen molar-refractivity contribution in [3.8, 4) is 11.1 Å². The van der Waals surface area contributed by atoms with Gasteiger partial charge in [-0.3, -0.25) is 0 Å². The molecule has 0 aliphatic rings. The van der Waals surface area contributed by atoms with Crippen LogP contribution in [-0.2, 0) is 0 Å². The standard InChI is InChI=1S/C32H50S2/c1-3-5-7-9-11-12-13-14-16-18-28-34-32-25-21-30(22-26-32)29-19-23-31(24-20-29)33-27-17-15-10-8-6-4-2/h19-26H,3-18,27-28H2,1-2H3. The van der Waals surface area contributed by atoms with E-state index in [4.69, 9.17) is 0 Å². The number of thioether (sulfide) groups is 2. The van der Waals surface area contributed by atoms with Crippen LogP contribution in [0.5, 0.6) is 0 Å². The van der Waals surface area contributed by atoms with Crippen LogP contribution in [-0.4, -0.2) is 11.5 Å². The van der Waals surface area contributed by atoms with Crippen LogP contribution < -0.4 is 0 Å². The molecule has 0 radical (unpaired) electrons. The van der Waals surface area contributed by atoms with Crippen molar-refractivity contribution in [2.24, 2.45) is 0 Å². The zero-order valence-electron chi connectivity index (χ0n) is 22.2. The predicted molar refractivity (Wildman–Crippen MR) is 159 cm³/mol. The second-order valence-electron chi connectivity index (χ2n) is 9.70. The third kappa shape index (κ3) is 13.9. The fourth-order valence-corrected chi connectivity index (χ4v) is 6.16. The van der Waals surface area contributed by atoms with Crippen LogP contribution in [0.3, 0.4) is 0 Å². The van der Waals surface area contributed by atoms with Crippen molar-refractivity contribution in [2.75, 3.05) is 11.5 Å². The highest BCUT2D eigenvalue weighted by atomic mass is 32.2. The summed E-state index contributed by atoms with van der Waals surface area (Å²) in [5, 5.41) is 0. The highest BCUT2D eigenvalue weighted by Crippen LogP contribution is 2.28. The van der Waals surface area contributed by atoms with Gasteiger partial charge in [0.05, 0.1) is 0 Å². The number of rotatable bonds is 21. The first kappa shape index (κ1) is 29.4. The maximum atomic E-state index is 2.30. The van der Waals surface area contributed by atoms with Gasteiger partial charge in [-0.25, -0.2) is 0 Å². The van der Waals surface area contributed by atoms with E-state index in [2.05, 4.69) is 62.4 Å². The van der Waals surface area contributed by atoms with Gasteiger partial charge in [0.15, 0.2) is 0 Å². The molecule has 0 atom stereocenters. The van der Waals surface area contributed by atoms with E-state index in [1.54, 1.807) is 0 Å². The zero-order valence-corrected chi connectivity index (χ0v) is 23.8. The van der Waals surface area contributed by atoms with Gasteiger partial charge in [-0.2, -0.15) is 0 Å². The minimum Gasteiger partial charge on any atom is -0.126 e. The van der Waals surface area contributed by atoms with E-state index < -0.39 is 0 Å². The fraction of sp³-hybridized carbons (Fsp3) is 0.625. The maximum Gasteiger partial charge on any atom is 0.00723 e. The molecule has 2 rings (SSSR count). The molecule has 0 bridgehead atoms. The Bertz CT molecular complexity index is 705. The van der Waals surface area contributed by atoms with Crippen molar-refractivity contribution in [2.45, 2.75) is 126 Å². The van der Waals surface area contributed by atoms with E-state index in [-0.39, 0.29) is 0 Å². The van der Waals surface area contributed by atoms with Crippen molar-refractivity contribution in [1.29, 1.82) is 0 Å². The Balaban J connectivity index is 1.56. The normalized spacial score (nSPS) is 11.2. The van der Waals surface area contributed by atoms with E-state index in [9.17, 15) is 0 Å². The molecule has 0 nitrogen and oxygen atoms in total. The maximum absolute atomic E-state index is 2.30. The minimum absolute atomic E-state index is 1.25. The third-order valence-corrected chi connectivity index (χ3v) is 8.77. The van der Waals surface area contributed by atoms with Gasteiger partial charge in [0.2, 0.25) is 0 Å². The van der Waals surface area contributed by atoms with Crippen molar-refractivity contribution in [3.05, 3.63) is 48.5 Å². The lowest BCUT2D eigenvalue weighted by Crippen LogP contribution is -1.85. The van der Waals surface area contributed by atoms with Crippen LogP contribution in [0.2, 0.25) is 0 Å². The molecule has 2 aromatic rings. The molecular formula is C32H50S2. The second kappa shape index (κ2) is 20.3. The Morgan fingerprint density at radius 1 is 0.382 bits per heavy atom. The van der Waals surface area contributed by atoms with Gasteiger partial charge in [-0.1, -0.05) is 128 Å². The molecule has 0 aliphatic carbocycles. The summed E-state index contributed by atoms with van der Waals surface area (Å²) in [4.78, 5) is 2.81. The molecule has 0 heterocycles. The fourth-order valence-electron chi connectivity index (χ4n) is 4.34. The van der Waals surface area contributed by atoms with Gasteiger partial charge in [-0.15, -0.1) is 23.5 Å². The summed E-state index contributed by atoms with van der Waals surface area (Å²) in [5.41, 5.74) is 2.66. The summed E-state index contributed by atoms with van der Waals surface area (Å²) in [6, 6.07) is 18.4. The molecule has 0 spiro atoms. The molecule has 34 heavy (non-hydrogen) atoms. The number of unbranched alkanes of at least 4 members (excludes halogenated alkanes) is 14. The molecule has 0 aliphatic heterocycles. The van der Waals surface area contributed by atoms with Crippen molar-refractivity contribution >= 4 is 23.5 Å². The van der Waals surface area contributed by atoms with Gasteiger partial charge in [0.25, 0.3) is 0 Å². The van der Waals surface area contributed by atoms with E-state index in [0.29, 0.717) is 0 Å². The summed E-state index contributed by atoms with van der Waals surface area (Å²) in [7, 11) is 0. The molecule has 0 amide bonds. The molecule has 2 aromatic carbocycles. The average Bonchev–Trinajstić information content (AvgIpc) is 2.87. The highest BCUT2D eigenvalue weighted by Gasteiger charge is 2.01. The summed E-state index contributed by atoms with van der Waals surface area (Å²) in [6.07, 6.45) is 22.4.